The molecule has 0 atom stereocenters. The SMILES string of the molecule is CCO/C(=N\C(=O)Nc1ccc(Oc2ccc([N+](=O)[O-])cc2)c(Cl)c1)c1ccccc1C. The van der Waals surface area contributed by atoms with Crippen LogP contribution in [0.3, 0.4) is 0 Å². The first-order valence-electron chi connectivity index (χ1n) is 9.67. The van der Waals surface area contributed by atoms with E-state index in [9.17, 15) is 14.9 Å². The Morgan fingerprint density at radius 1 is 1.12 bits per heavy atom. The zero-order chi connectivity index (χ0) is 23.1. The summed E-state index contributed by atoms with van der Waals surface area (Å²) in [6.07, 6.45) is 0. The van der Waals surface area contributed by atoms with Crippen LogP contribution < -0.4 is 10.1 Å². The van der Waals surface area contributed by atoms with E-state index in [1.54, 1.807) is 12.1 Å². The van der Waals surface area contributed by atoms with Gasteiger partial charge >= 0.3 is 6.03 Å². The monoisotopic (exact) mass is 453 g/mol. The van der Waals surface area contributed by atoms with Crippen molar-refractivity contribution in [1.29, 1.82) is 0 Å². The van der Waals surface area contributed by atoms with Crippen LogP contribution in [0.25, 0.3) is 0 Å². The number of urea groups is 1. The van der Waals surface area contributed by atoms with E-state index in [0.717, 1.165) is 11.1 Å². The molecule has 3 aromatic rings. The second-order valence-electron chi connectivity index (χ2n) is 6.59. The maximum absolute atomic E-state index is 12.4. The number of anilines is 1. The Balaban J connectivity index is 1.72. The molecular weight excluding hydrogens is 434 g/mol. The molecule has 0 radical (unpaired) electrons. The number of carbonyl (C=O) groups excluding carboxylic acids is 1. The Hall–Kier alpha value is -3.91. The van der Waals surface area contributed by atoms with E-state index < -0.39 is 11.0 Å². The zero-order valence-electron chi connectivity index (χ0n) is 17.4. The van der Waals surface area contributed by atoms with Crippen molar-refractivity contribution in [2.24, 2.45) is 4.99 Å². The number of benzene rings is 3. The summed E-state index contributed by atoms with van der Waals surface area (Å²) in [4.78, 5) is 26.7. The number of nitrogens with one attached hydrogen (secondary N) is 1. The van der Waals surface area contributed by atoms with Gasteiger partial charge in [0.05, 0.1) is 16.6 Å². The van der Waals surface area contributed by atoms with Crippen molar-refractivity contribution >= 4 is 34.9 Å². The summed E-state index contributed by atoms with van der Waals surface area (Å²) in [6, 6.07) is 17.2. The van der Waals surface area contributed by atoms with Gasteiger partial charge in [0.25, 0.3) is 5.69 Å². The van der Waals surface area contributed by atoms with Gasteiger partial charge in [-0.25, -0.2) is 4.79 Å². The zero-order valence-corrected chi connectivity index (χ0v) is 18.1. The first kappa shape index (κ1) is 22.8. The van der Waals surface area contributed by atoms with Crippen molar-refractivity contribution < 1.29 is 19.2 Å². The molecule has 0 spiro atoms. The molecule has 0 heterocycles. The lowest BCUT2D eigenvalue weighted by atomic mass is 10.1. The van der Waals surface area contributed by atoms with Gasteiger partial charge in [0, 0.05) is 23.4 Å². The highest BCUT2D eigenvalue weighted by Gasteiger charge is 2.12. The predicted octanol–water partition coefficient (Wildman–Crippen LogP) is 6.36. The van der Waals surface area contributed by atoms with Crippen LogP contribution in [0.4, 0.5) is 16.2 Å². The van der Waals surface area contributed by atoms with Crippen molar-refractivity contribution in [1.82, 2.24) is 0 Å². The number of hydrogen-bond donors (Lipinski definition) is 1. The third-order valence-corrected chi connectivity index (χ3v) is 4.61. The van der Waals surface area contributed by atoms with Crippen LogP contribution in [-0.4, -0.2) is 23.5 Å². The number of amides is 2. The molecule has 32 heavy (non-hydrogen) atoms. The van der Waals surface area contributed by atoms with Gasteiger partial charge in [0.2, 0.25) is 5.90 Å². The van der Waals surface area contributed by atoms with Crippen LogP contribution in [0.15, 0.2) is 71.7 Å². The van der Waals surface area contributed by atoms with E-state index in [2.05, 4.69) is 10.3 Å². The van der Waals surface area contributed by atoms with Crippen LogP contribution in [0.5, 0.6) is 11.5 Å². The minimum atomic E-state index is -0.614. The Labute approximate surface area is 189 Å². The highest BCUT2D eigenvalue weighted by Crippen LogP contribution is 2.32. The lowest BCUT2D eigenvalue weighted by molar-refractivity contribution is -0.384. The molecule has 0 fully saturated rings. The summed E-state index contributed by atoms with van der Waals surface area (Å²) < 4.78 is 11.2. The van der Waals surface area contributed by atoms with Gasteiger partial charge in [0.1, 0.15) is 11.5 Å². The topological polar surface area (TPSA) is 103 Å². The van der Waals surface area contributed by atoms with Gasteiger partial charge in [-0.3, -0.25) is 10.1 Å². The lowest BCUT2D eigenvalue weighted by Gasteiger charge is -2.11. The number of halogens is 1. The number of ether oxygens (including phenoxy) is 2. The van der Waals surface area contributed by atoms with E-state index in [0.29, 0.717) is 23.8 Å². The smallest absolute Gasteiger partial charge is 0.348 e. The molecule has 3 rings (SSSR count). The predicted molar refractivity (Wildman–Crippen MR) is 123 cm³/mol. The molecule has 0 bridgehead atoms. The highest BCUT2D eigenvalue weighted by molar-refractivity contribution is 6.32. The number of rotatable bonds is 6. The molecule has 0 aliphatic heterocycles. The Kier molecular flexibility index (Phi) is 7.41. The minimum Gasteiger partial charge on any atom is -0.477 e. The highest BCUT2D eigenvalue weighted by atomic mass is 35.5. The second-order valence-corrected chi connectivity index (χ2v) is 7.00. The van der Waals surface area contributed by atoms with E-state index in [-0.39, 0.29) is 16.6 Å². The summed E-state index contributed by atoms with van der Waals surface area (Å²) in [5, 5.41) is 13.6. The van der Waals surface area contributed by atoms with Crippen LogP contribution in [0.1, 0.15) is 18.1 Å². The maximum atomic E-state index is 12.4. The summed E-state index contributed by atoms with van der Waals surface area (Å²) in [7, 11) is 0. The molecule has 0 saturated carbocycles. The fourth-order valence-electron chi connectivity index (χ4n) is 2.79. The van der Waals surface area contributed by atoms with E-state index in [1.165, 1.54) is 30.3 Å². The fraction of sp³-hybridized carbons (Fsp3) is 0.130. The number of nitro benzene ring substituents is 1. The van der Waals surface area contributed by atoms with Gasteiger partial charge in [0.15, 0.2) is 0 Å². The van der Waals surface area contributed by atoms with Crippen molar-refractivity contribution in [2.75, 3.05) is 11.9 Å². The fourth-order valence-corrected chi connectivity index (χ4v) is 3.01. The number of nitro groups is 1. The summed E-state index contributed by atoms with van der Waals surface area (Å²) in [5.74, 6) is 0.947. The Morgan fingerprint density at radius 2 is 1.84 bits per heavy atom. The molecule has 0 saturated heterocycles. The lowest BCUT2D eigenvalue weighted by Crippen LogP contribution is -2.15. The molecule has 1 N–H and O–H groups in total. The summed E-state index contributed by atoms with van der Waals surface area (Å²) in [5.41, 5.74) is 2.04. The molecule has 0 aliphatic rings. The average molecular weight is 454 g/mol. The van der Waals surface area contributed by atoms with Gasteiger partial charge in [-0.2, -0.15) is 4.99 Å². The summed E-state index contributed by atoms with van der Waals surface area (Å²) >= 11 is 6.27. The molecule has 8 nitrogen and oxygen atoms in total. The van der Waals surface area contributed by atoms with Crippen LogP contribution in [0.2, 0.25) is 5.02 Å². The third kappa shape index (κ3) is 5.83. The third-order valence-electron chi connectivity index (χ3n) is 4.32. The maximum Gasteiger partial charge on any atom is 0.348 e. The largest absolute Gasteiger partial charge is 0.477 e. The van der Waals surface area contributed by atoms with E-state index in [4.69, 9.17) is 21.1 Å². The van der Waals surface area contributed by atoms with Crippen LogP contribution in [0, 0.1) is 17.0 Å². The molecular formula is C23H20ClN3O5. The molecule has 9 heteroatoms. The molecule has 3 aromatic carbocycles. The van der Waals surface area contributed by atoms with Crippen LogP contribution >= 0.6 is 11.6 Å². The quantitative estimate of drug-likeness (QED) is 0.202. The van der Waals surface area contributed by atoms with Crippen LogP contribution in [-0.2, 0) is 4.74 Å². The normalized spacial score (nSPS) is 11.0. The number of non-ortho nitro benzene ring substituents is 1. The van der Waals surface area contributed by atoms with Crippen molar-refractivity contribution in [3.63, 3.8) is 0 Å². The Bertz CT molecular complexity index is 1160. The average Bonchev–Trinajstić information content (AvgIpc) is 2.76. The number of aryl methyl sites for hydroxylation is 1. The second kappa shape index (κ2) is 10.4. The van der Waals surface area contributed by atoms with Crippen molar-refractivity contribution in [3.05, 3.63) is 93.0 Å². The summed E-state index contributed by atoms with van der Waals surface area (Å²) in [6.45, 7) is 4.08. The van der Waals surface area contributed by atoms with E-state index in [1.807, 2.05) is 38.1 Å². The molecule has 2 amide bonds. The number of hydrogen-bond acceptors (Lipinski definition) is 5. The Morgan fingerprint density at radius 3 is 2.47 bits per heavy atom. The van der Waals surface area contributed by atoms with Crippen molar-refractivity contribution in [2.45, 2.75) is 13.8 Å². The molecule has 0 aliphatic carbocycles. The van der Waals surface area contributed by atoms with Gasteiger partial charge < -0.3 is 14.8 Å². The van der Waals surface area contributed by atoms with E-state index >= 15 is 0 Å². The number of aliphatic imine (C=N–C) groups is 1. The van der Waals surface area contributed by atoms with Crippen molar-refractivity contribution in [3.8, 4) is 11.5 Å². The minimum absolute atomic E-state index is 0.0424. The van der Waals surface area contributed by atoms with Gasteiger partial charge in [-0.05, 0) is 55.8 Å². The number of nitrogens with zero attached hydrogens (tertiary/aromatic N) is 2. The van der Waals surface area contributed by atoms with Gasteiger partial charge in [-0.1, -0.05) is 29.8 Å². The molecule has 0 unspecified atom stereocenters. The molecule has 164 valence electrons. The standard InChI is InChI=1S/C23H20ClN3O5/c1-3-31-22(19-7-5-4-6-15(19)2)26-23(28)25-16-8-13-21(20(24)14-16)32-18-11-9-17(10-12-18)27(29)30/h4-14H,3H2,1-2H3,(H,25,28)/b26-22-. The first-order valence-corrected chi connectivity index (χ1v) is 10.1. The number of carbonyl (C=O) groups is 1. The molecule has 0 aromatic heterocycles. The first-order chi connectivity index (χ1) is 15.4. The van der Waals surface area contributed by atoms with Gasteiger partial charge in [-0.15, -0.1) is 0 Å².